The zero-order chi connectivity index (χ0) is 14.8. The van der Waals surface area contributed by atoms with Crippen molar-refractivity contribution in [3.63, 3.8) is 0 Å². The van der Waals surface area contributed by atoms with E-state index in [4.69, 9.17) is 0 Å². The van der Waals surface area contributed by atoms with Crippen LogP contribution in [0.5, 0.6) is 0 Å². The number of benzene rings is 2. The molecular formula is C17H18N4. The van der Waals surface area contributed by atoms with Crippen LogP contribution in [0.2, 0.25) is 0 Å². The van der Waals surface area contributed by atoms with Crippen molar-refractivity contribution in [2.45, 2.75) is 6.92 Å². The number of aryl methyl sites for hydroxylation is 1. The molecule has 0 saturated carbocycles. The largest absolute Gasteiger partial charge is 0.378 e. The van der Waals surface area contributed by atoms with Gasteiger partial charge in [0.2, 0.25) is 0 Å². The molecule has 0 spiro atoms. The highest BCUT2D eigenvalue weighted by atomic mass is 15.2. The van der Waals surface area contributed by atoms with Crippen LogP contribution in [-0.2, 0) is 0 Å². The Balaban J connectivity index is 1.93. The maximum Gasteiger partial charge on any atom is 0.181 e. The molecule has 4 heteroatoms. The van der Waals surface area contributed by atoms with Crippen molar-refractivity contribution in [3.05, 3.63) is 54.1 Å². The fourth-order valence-electron chi connectivity index (χ4n) is 2.26. The molecule has 3 rings (SSSR count). The highest BCUT2D eigenvalue weighted by Gasteiger charge is 2.09. The number of anilines is 1. The van der Waals surface area contributed by atoms with Crippen LogP contribution >= 0.6 is 0 Å². The highest BCUT2D eigenvalue weighted by molar-refractivity contribution is 5.65. The zero-order valence-electron chi connectivity index (χ0n) is 12.5. The number of aromatic amines is 1. The topological polar surface area (TPSA) is 44.8 Å². The van der Waals surface area contributed by atoms with Crippen molar-refractivity contribution in [2.75, 3.05) is 19.0 Å². The van der Waals surface area contributed by atoms with E-state index in [2.05, 4.69) is 51.3 Å². The zero-order valence-corrected chi connectivity index (χ0v) is 12.5. The Labute approximate surface area is 124 Å². The first-order chi connectivity index (χ1) is 10.1. The Morgan fingerprint density at radius 1 is 0.952 bits per heavy atom. The number of rotatable bonds is 3. The Hall–Kier alpha value is -2.62. The van der Waals surface area contributed by atoms with Crippen molar-refractivity contribution < 1.29 is 0 Å². The van der Waals surface area contributed by atoms with Crippen molar-refractivity contribution >= 4 is 5.69 Å². The van der Waals surface area contributed by atoms with E-state index < -0.39 is 0 Å². The lowest BCUT2D eigenvalue weighted by molar-refractivity contribution is 1.10. The molecule has 0 fully saturated rings. The first kappa shape index (κ1) is 13.4. The Morgan fingerprint density at radius 2 is 1.67 bits per heavy atom. The van der Waals surface area contributed by atoms with Gasteiger partial charge in [0.25, 0.3) is 0 Å². The van der Waals surface area contributed by atoms with E-state index in [1.165, 1.54) is 5.56 Å². The fourth-order valence-corrected chi connectivity index (χ4v) is 2.26. The SMILES string of the molecule is Cc1ccccc1-c1nc(-c2ccc(N(C)C)cc2)n[nH]1. The summed E-state index contributed by atoms with van der Waals surface area (Å²) >= 11 is 0. The molecule has 106 valence electrons. The van der Waals surface area contributed by atoms with Crippen LogP contribution < -0.4 is 4.90 Å². The molecule has 0 aliphatic heterocycles. The maximum atomic E-state index is 4.61. The first-order valence-electron chi connectivity index (χ1n) is 6.91. The van der Waals surface area contributed by atoms with Gasteiger partial charge in [0.1, 0.15) is 0 Å². The lowest BCUT2D eigenvalue weighted by Gasteiger charge is -2.11. The van der Waals surface area contributed by atoms with Gasteiger partial charge in [-0.15, -0.1) is 0 Å². The summed E-state index contributed by atoms with van der Waals surface area (Å²) in [5.74, 6) is 1.53. The van der Waals surface area contributed by atoms with Crippen LogP contribution in [0.1, 0.15) is 5.56 Å². The lowest BCUT2D eigenvalue weighted by atomic mass is 10.1. The second kappa shape index (κ2) is 5.40. The van der Waals surface area contributed by atoms with Gasteiger partial charge in [0.05, 0.1) is 0 Å². The summed E-state index contributed by atoms with van der Waals surface area (Å²) in [6, 6.07) is 16.4. The highest BCUT2D eigenvalue weighted by Crippen LogP contribution is 2.23. The smallest absolute Gasteiger partial charge is 0.181 e. The van der Waals surface area contributed by atoms with E-state index >= 15 is 0 Å². The fraction of sp³-hybridized carbons (Fsp3) is 0.176. The molecular weight excluding hydrogens is 260 g/mol. The number of nitrogens with one attached hydrogen (secondary N) is 1. The van der Waals surface area contributed by atoms with Gasteiger partial charge in [0, 0.05) is 30.9 Å². The molecule has 0 amide bonds. The molecule has 21 heavy (non-hydrogen) atoms. The van der Waals surface area contributed by atoms with Gasteiger partial charge in [-0.2, -0.15) is 5.10 Å². The Kier molecular flexibility index (Phi) is 3.44. The van der Waals surface area contributed by atoms with E-state index in [0.29, 0.717) is 0 Å². The number of hydrogen-bond acceptors (Lipinski definition) is 3. The van der Waals surface area contributed by atoms with Gasteiger partial charge in [-0.1, -0.05) is 24.3 Å². The molecule has 0 saturated heterocycles. The molecule has 0 aliphatic rings. The molecule has 4 nitrogen and oxygen atoms in total. The van der Waals surface area contributed by atoms with Crippen molar-refractivity contribution in [2.24, 2.45) is 0 Å². The summed E-state index contributed by atoms with van der Waals surface area (Å²) in [4.78, 5) is 6.68. The van der Waals surface area contributed by atoms with Gasteiger partial charge < -0.3 is 4.90 Å². The second-order valence-electron chi connectivity index (χ2n) is 5.26. The minimum absolute atomic E-state index is 0.721. The molecule has 0 bridgehead atoms. The van der Waals surface area contributed by atoms with E-state index in [9.17, 15) is 0 Å². The van der Waals surface area contributed by atoms with Gasteiger partial charge >= 0.3 is 0 Å². The van der Waals surface area contributed by atoms with Crippen molar-refractivity contribution in [3.8, 4) is 22.8 Å². The Bertz CT molecular complexity index is 741. The third-order valence-electron chi connectivity index (χ3n) is 3.53. The average Bonchev–Trinajstić information content (AvgIpc) is 2.97. The van der Waals surface area contributed by atoms with Crippen LogP contribution in [0.15, 0.2) is 48.5 Å². The summed E-state index contributed by atoms with van der Waals surface area (Å²) < 4.78 is 0. The van der Waals surface area contributed by atoms with Crippen LogP contribution in [0.4, 0.5) is 5.69 Å². The minimum Gasteiger partial charge on any atom is -0.378 e. The molecule has 1 heterocycles. The normalized spacial score (nSPS) is 10.6. The second-order valence-corrected chi connectivity index (χ2v) is 5.26. The van der Waals surface area contributed by atoms with E-state index in [1.54, 1.807) is 0 Å². The van der Waals surface area contributed by atoms with Gasteiger partial charge in [-0.25, -0.2) is 4.98 Å². The summed E-state index contributed by atoms with van der Waals surface area (Å²) in [6.45, 7) is 2.07. The standard InChI is InChI=1S/C17H18N4/c1-12-6-4-5-7-15(12)17-18-16(19-20-17)13-8-10-14(11-9-13)21(2)3/h4-11H,1-3H3,(H,18,19,20). The molecule has 0 atom stereocenters. The summed E-state index contributed by atoms with van der Waals surface area (Å²) in [5.41, 5.74) is 4.44. The van der Waals surface area contributed by atoms with Crippen LogP contribution in [0, 0.1) is 6.92 Å². The van der Waals surface area contributed by atoms with E-state index in [-0.39, 0.29) is 0 Å². The van der Waals surface area contributed by atoms with Gasteiger partial charge in [0.15, 0.2) is 11.6 Å². The van der Waals surface area contributed by atoms with Crippen LogP contribution in [0.3, 0.4) is 0 Å². The Morgan fingerprint density at radius 3 is 2.33 bits per heavy atom. The van der Waals surface area contributed by atoms with Crippen LogP contribution in [-0.4, -0.2) is 29.3 Å². The van der Waals surface area contributed by atoms with Crippen LogP contribution in [0.25, 0.3) is 22.8 Å². The molecule has 0 aliphatic carbocycles. The maximum absolute atomic E-state index is 4.61. The number of nitrogens with zero attached hydrogens (tertiary/aromatic N) is 3. The quantitative estimate of drug-likeness (QED) is 0.797. The monoisotopic (exact) mass is 278 g/mol. The van der Waals surface area contributed by atoms with E-state index in [0.717, 1.165) is 28.5 Å². The van der Waals surface area contributed by atoms with Crippen molar-refractivity contribution in [1.29, 1.82) is 0 Å². The lowest BCUT2D eigenvalue weighted by Crippen LogP contribution is -2.07. The summed E-state index contributed by atoms with van der Waals surface area (Å²) in [5, 5.41) is 7.36. The number of H-pyrrole nitrogens is 1. The predicted octanol–water partition coefficient (Wildman–Crippen LogP) is 3.51. The third kappa shape index (κ3) is 2.65. The molecule has 2 aromatic carbocycles. The average molecular weight is 278 g/mol. The van der Waals surface area contributed by atoms with E-state index in [1.807, 2.05) is 38.4 Å². The molecule has 0 radical (unpaired) electrons. The van der Waals surface area contributed by atoms with Gasteiger partial charge in [-0.3, -0.25) is 5.10 Å². The summed E-state index contributed by atoms with van der Waals surface area (Å²) in [7, 11) is 4.05. The van der Waals surface area contributed by atoms with Crippen molar-refractivity contribution in [1.82, 2.24) is 15.2 Å². The number of aromatic nitrogens is 3. The summed E-state index contributed by atoms with van der Waals surface area (Å²) in [6.07, 6.45) is 0. The molecule has 3 aromatic rings. The molecule has 1 aromatic heterocycles. The predicted molar refractivity (Wildman–Crippen MR) is 86.3 cm³/mol. The minimum atomic E-state index is 0.721. The molecule has 0 unspecified atom stereocenters. The third-order valence-corrected chi connectivity index (χ3v) is 3.53. The number of hydrogen-bond donors (Lipinski definition) is 1. The first-order valence-corrected chi connectivity index (χ1v) is 6.91. The molecule has 1 N–H and O–H groups in total. The van der Waals surface area contributed by atoms with Gasteiger partial charge in [-0.05, 0) is 36.8 Å².